The van der Waals surface area contributed by atoms with Crippen molar-refractivity contribution in [3.8, 4) is 17.6 Å². The molecule has 2 aromatic rings. The van der Waals surface area contributed by atoms with Gasteiger partial charge in [0.1, 0.15) is 18.5 Å². The second-order valence-corrected chi connectivity index (χ2v) is 10.2. The minimum Gasteiger partial charge on any atom is -0.490 e. The van der Waals surface area contributed by atoms with Crippen LogP contribution in [0.3, 0.4) is 0 Å². The molecule has 4 aliphatic rings. The highest BCUT2D eigenvalue weighted by molar-refractivity contribution is 5.90. The minimum atomic E-state index is -0.986. The lowest BCUT2D eigenvalue weighted by Crippen LogP contribution is -2.48. The molecule has 172 valence electrons. The Kier molecular flexibility index (Phi) is 5.90. The number of rotatable bonds is 6. The zero-order chi connectivity index (χ0) is 23.0. The summed E-state index contributed by atoms with van der Waals surface area (Å²) in [5, 5.41) is 28.5. The summed E-state index contributed by atoms with van der Waals surface area (Å²) in [5.74, 6) is 8.30. The number of aromatic carboxylic acids is 1. The lowest BCUT2D eigenvalue weighted by molar-refractivity contribution is -0.00738. The van der Waals surface area contributed by atoms with Gasteiger partial charge in [-0.1, -0.05) is 24.0 Å². The molecule has 4 fully saturated rings. The van der Waals surface area contributed by atoms with Gasteiger partial charge in [-0.25, -0.2) is 4.79 Å². The van der Waals surface area contributed by atoms with Crippen molar-refractivity contribution in [3.63, 3.8) is 0 Å². The molecule has 4 aliphatic carbocycles. The van der Waals surface area contributed by atoms with E-state index < -0.39 is 12.1 Å². The molecule has 0 saturated heterocycles. The summed E-state index contributed by atoms with van der Waals surface area (Å²) in [6, 6.07) is 12.7. The first kappa shape index (κ1) is 22.0. The van der Waals surface area contributed by atoms with E-state index in [1.54, 1.807) is 24.3 Å². The molecule has 3 N–H and O–H groups in total. The molecule has 4 bridgehead atoms. The van der Waals surface area contributed by atoms with E-state index in [2.05, 4.69) is 17.9 Å². The molecule has 0 spiro atoms. The Morgan fingerprint density at radius 1 is 1.03 bits per heavy atom. The van der Waals surface area contributed by atoms with E-state index in [9.17, 15) is 20.1 Å². The zero-order valence-corrected chi connectivity index (χ0v) is 18.7. The summed E-state index contributed by atoms with van der Waals surface area (Å²) in [5.41, 5.74) is 2.75. The second-order valence-electron chi connectivity index (χ2n) is 10.2. The molecule has 5 heteroatoms. The summed E-state index contributed by atoms with van der Waals surface area (Å²) in [4.78, 5) is 11.5. The maximum Gasteiger partial charge on any atom is 0.336 e. The third-order valence-corrected chi connectivity index (χ3v) is 7.73. The Hall–Kier alpha value is -2.81. The number of aliphatic hydroxyl groups is 2. The number of hydrogen-bond acceptors (Lipinski definition) is 4. The number of carbonyl (C=O) groups is 1. The predicted molar refractivity (Wildman–Crippen MR) is 124 cm³/mol. The summed E-state index contributed by atoms with van der Waals surface area (Å²) in [7, 11) is 0. The van der Waals surface area contributed by atoms with Gasteiger partial charge >= 0.3 is 5.97 Å². The third-order valence-electron chi connectivity index (χ3n) is 7.73. The van der Waals surface area contributed by atoms with Gasteiger partial charge in [-0.05, 0) is 92.0 Å². The highest BCUT2D eigenvalue weighted by Crippen LogP contribution is 2.61. The van der Waals surface area contributed by atoms with Crippen molar-refractivity contribution in [3.05, 3.63) is 64.7 Å². The van der Waals surface area contributed by atoms with E-state index in [0.29, 0.717) is 5.56 Å². The normalized spacial score (nSPS) is 28.1. The number of hydrogen-bond donors (Lipinski definition) is 3. The van der Waals surface area contributed by atoms with Crippen LogP contribution in [-0.2, 0) is 5.41 Å². The molecule has 33 heavy (non-hydrogen) atoms. The smallest absolute Gasteiger partial charge is 0.336 e. The first-order chi connectivity index (χ1) is 16.0. The number of aliphatic hydroxyl groups excluding tert-OH is 2. The van der Waals surface area contributed by atoms with Gasteiger partial charge < -0.3 is 20.1 Å². The molecule has 0 amide bonds. The van der Waals surface area contributed by atoms with Crippen molar-refractivity contribution in [2.24, 2.45) is 17.8 Å². The van der Waals surface area contributed by atoms with Crippen LogP contribution >= 0.6 is 0 Å². The van der Waals surface area contributed by atoms with E-state index in [0.717, 1.165) is 53.9 Å². The molecule has 6 rings (SSSR count). The van der Waals surface area contributed by atoms with Crippen LogP contribution in [0.25, 0.3) is 0 Å². The molecule has 0 aromatic heterocycles. The average molecular weight is 447 g/mol. The highest BCUT2D eigenvalue weighted by atomic mass is 16.5. The monoisotopic (exact) mass is 446 g/mol. The summed E-state index contributed by atoms with van der Waals surface area (Å²) < 4.78 is 6.01. The summed E-state index contributed by atoms with van der Waals surface area (Å²) in [6.07, 6.45) is 6.59. The van der Waals surface area contributed by atoms with Crippen molar-refractivity contribution in [1.82, 2.24) is 0 Å². The maximum atomic E-state index is 11.5. The van der Waals surface area contributed by atoms with Crippen molar-refractivity contribution >= 4 is 5.97 Å². The molecule has 5 nitrogen and oxygen atoms in total. The van der Waals surface area contributed by atoms with Crippen molar-refractivity contribution in [2.75, 3.05) is 13.2 Å². The van der Waals surface area contributed by atoms with E-state index in [1.807, 2.05) is 12.1 Å². The molecule has 2 aromatic carbocycles. The Balaban J connectivity index is 1.52. The SMILES string of the molecule is O=C(O)c1ccccc1C#Cc1ccc(OCC(O)CO)c(C23CC4CC(CC(C4)C2)C3)c1. The van der Waals surface area contributed by atoms with E-state index >= 15 is 0 Å². The third kappa shape index (κ3) is 4.38. The fraction of sp³-hybridized carbons (Fsp3) is 0.464. The van der Waals surface area contributed by atoms with E-state index in [4.69, 9.17) is 4.74 Å². The predicted octanol–water partition coefficient (Wildman–Crippen LogP) is 3.98. The van der Waals surface area contributed by atoms with Crippen LogP contribution in [0.15, 0.2) is 42.5 Å². The Morgan fingerprint density at radius 2 is 1.70 bits per heavy atom. The van der Waals surface area contributed by atoms with Gasteiger partial charge in [0.15, 0.2) is 0 Å². The summed E-state index contributed by atoms with van der Waals surface area (Å²) in [6.45, 7) is -0.286. The first-order valence-electron chi connectivity index (χ1n) is 11.9. The van der Waals surface area contributed by atoms with Crippen LogP contribution in [-0.4, -0.2) is 40.6 Å². The quantitative estimate of drug-likeness (QED) is 0.584. The molecule has 0 heterocycles. The summed E-state index contributed by atoms with van der Waals surface area (Å²) >= 11 is 0. The lowest BCUT2D eigenvalue weighted by atomic mass is 9.48. The van der Waals surface area contributed by atoms with E-state index in [1.165, 1.54) is 19.3 Å². The molecule has 1 unspecified atom stereocenters. The van der Waals surface area contributed by atoms with Gasteiger partial charge in [-0.2, -0.15) is 0 Å². The lowest BCUT2D eigenvalue weighted by Gasteiger charge is -2.57. The largest absolute Gasteiger partial charge is 0.490 e. The Morgan fingerprint density at radius 3 is 2.33 bits per heavy atom. The van der Waals surface area contributed by atoms with Gasteiger partial charge in [0.2, 0.25) is 0 Å². The highest BCUT2D eigenvalue weighted by Gasteiger charge is 2.52. The van der Waals surface area contributed by atoms with Gasteiger partial charge in [0.25, 0.3) is 0 Å². The maximum absolute atomic E-state index is 11.5. The van der Waals surface area contributed by atoms with E-state index in [-0.39, 0.29) is 24.2 Å². The first-order valence-corrected chi connectivity index (χ1v) is 11.9. The van der Waals surface area contributed by atoms with Gasteiger partial charge in [-0.15, -0.1) is 0 Å². The van der Waals surface area contributed by atoms with Crippen LogP contribution in [0.5, 0.6) is 5.75 Å². The number of ether oxygens (including phenoxy) is 1. The van der Waals surface area contributed by atoms with Crippen LogP contribution in [0.2, 0.25) is 0 Å². The Labute approximate surface area is 194 Å². The van der Waals surface area contributed by atoms with Gasteiger partial charge in [-0.3, -0.25) is 0 Å². The second kappa shape index (κ2) is 8.85. The molecular weight excluding hydrogens is 416 g/mol. The van der Waals surface area contributed by atoms with Crippen LogP contribution in [0, 0.1) is 29.6 Å². The zero-order valence-electron chi connectivity index (χ0n) is 18.7. The van der Waals surface area contributed by atoms with Gasteiger partial charge in [0.05, 0.1) is 12.2 Å². The minimum absolute atomic E-state index is 0.0485. The average Bonchev–Trinajstić information content (AvgIpc) is 2.80. The van der Waals surface area contributed by atoms with Crippen LogP contribution in [0.1, 0.15) is 65.6 Å². The van der Waals surface area contributed by atoms with Crippen molar-refractivity contribution in [2.45, 2.75) is 50.0 Å². The fourth-order valence-electron chi connectivity index (χ4n) is 6.75. The van der Waals surface area contributed by atoms with Crippen LogP contribution < -0.4 is 4.74 Å². The van der Waals surface area contributed by atoms with Crippen molar-refractivity contribution < 1.29 is 24.9 Å². The number of carboxylic acid groups (broad SMARTS) is 1. The molecular formula is C28H30O5. The molecule has 0 radical (unpaired) electrons. The standard InChI is InChI=1S/C28H30O5/c29-16-23(30)17-33-26-8-6-18(5-7-22-3-1-2-4-24(22)27(31)32)12-25(26)28-13-19-9-20(14-28)11-21(10-19)15-28/h1-4,6,8,12,19-21,23,29-30H,9-11,13-17H2,(H,31,32). The molecule has 0 aliphatic heterocycles. The van der Waals surface area contributed by atoms with Crippen LogP contribution in [0.4, 0.5) is 0 Å². The molecule has 1 atom stereocenters. The Bertz CT molecular complexity index is 1070. The fourth-order valence-corrected chi connectivity index (χ4v) is 6.75. The molecule has 4 saturated carbocycles. The number of carboxylic acids is 1. The van der Waals surface area contributed by atoms with Gasteiger partial charge in [0, 0.05) is 16.7 Å². The number of benzene rings is 2. The van der Waals surface area contributed by atoms with Crippen molar-refractivity contribution in [1.29, 1.82) is 0 Å². The topological polar surface area (TPSA) is 87.0 Å².